The monoisotopic (exact) mass is 265 g/mol. The minimum absolute atomic E-state index is 0.262. The van der Waals surface area contributed by atoms with Crippen molar-refractivity contribution in [2.24, 2.45) is 0 Å². The molecule has 0 radical (unpaired) electrons. The van der Waals surface area contributed by atoms with Crippen LogP contribution in [0.15, 0.2) is 24.3 Å². The molecule has 100 valence electrons. The lowest BCUT2D eigenvalue weighted by atomic mass is 10.1. The number of cyclic esters (lactones) is 1. The summed E-state index contributed by atoms with van der Waals surface area (Å²) in [5.74, 6) is -1.58. The first-order chi connectivity index (χ1) is 9.06. The molecule has 1 aliphatic rings. The zero-order valence-electron chi connectivity index (χ0n) is 10.0. The largest absolute Gasteiger partial charge is 0.478 e. The summed E-state index contributed by atoms with van der Waals surface area (Å²) in [5, 5.41) is 8.60. The molecule has 0 saturated carbocycles. The van der Waals surface area contributed by atoms with Crippen molar-refractivity contribution in [3.63, 3.8) is 0 Å². The number of ether oxygens (including phenoxy) is 1. The van der Waals surface area contributed by atoms with Crippen LogP contribution in [0.1, 0.15) is 11.1 Å². The molecule has 1 amide bonds. The number of halogens is 1. The molecule has 0 bridgehead atoms. The summed E-state index contributed by atoms with van der Waals surface area (Å²) in [7, 11) is 0. The number of nitrogens with zero attached hydrogens (tertiary/aromatic N) is 1. The molecule has 1 heterocycles. The summed E-state index contributed by atoms with van der Waals surface area (Å²) in [4.78, 5) is 23.3. The van der Waals surface area contributed by atoms with Crippen LogP contribution in [0.25, 0.3) is 6.08 Å². The number of amides is 1. The quantitative estimate of drug-likeness (QED) is 0.844. The Balaban J connectivity index is 2.23. The second-order valence-electron chi connectivity index (χ2n) is 4.05. The van der Waals surface area contributed by atoms with Crippen molar-refractivity contribution in [2.45, 2.75) is 6.54 Å². The zero-order valence-corrected chi connectivity index (χ0v) is 10.0. The van der Waals surface area contributed by atoms with Crippen LogP contribution in [0.2, 0.25) is 0 Å². The van der Waals surface area contributed by atoms with Crippen molar-refractivity contribution in [1.82, 2.24) is 4.90 Å². The molecule has 1 aromatic rings. The highest BCUT2D eigenvalue weighted by atomic mass is 19.1. The second kappa shape index (κ2) is 5.51. The third-order valence-corrected chi connectivity index (χ3v) is 2.72. The van der Waals surface area contributed by atoms with Crippen LogP contribution in [0.3, 0.4) is 0 Å². The van der Waals surface area contributed by atoms with Gasteiger partial charge in [-0.2, -0.15) is 0 Å². The fraction of sp³-hybridized carbons (Fsp3) is 0.231. The Morgan fingerprint density at radius 2 is 2.32 bits per heavy atom. The average molecular weight is 265 g/mol. The van der Waals surface area contributed by atoms with Gasteiger partial charge in [0, 0.05) is 12.6 Å². The zero-order chi connectivity index (χ0) is 13.8. The van der Waals surface area contributed by atoms with Gasteiger partial charge in [0.1, 0.15) is 12.4 Å². The highest BCUT2D eigenvalue weighted by Crippen LogP contribution is 2.17. The van der Waals surface area contributed by atoms with E-state index in [0.29, 0.717) is 24.3 Å². The third kappa shape index (κ3) is 3.31. The van der Waals surface area contributed by atoms with Gasteiger partial charge in [-0.15, -0.1) is 0 Å². The van der Waals surface area contributed by atoms with Gasteiger partial charge in [0.15, 0.2) is 0 Å². The van der Waals surface area contributed by atoms with E-state index in [4.69, 9.17) is 9.84 Å². The maximum atomic E-state index is 13.2. The number of rotatable bonds is 4. The molecule has 1 aliphatic heterocycles. The van der Waals surface area contributed by atoms with Gasteiger partial charge < -0.3 is 14.7 Å². The summed E-state index contributed by atoms with van der Waals surface area (Å²) < 4.78 is 18.0. The van der Waals surface area contributed by atoms with Crippen LogP contribution in [-0.2, 0) is 16.1 Å². The standard InChI is InChI=1S/C13H12FNO4/c14-11-3-1-10(8-15-5-6-19-13(15)18)9(7-11)2-4-12(16)17/h1-4,7H,5-6,8H2,(H,16,17). The molecule has 5 nitrogen and oxygen atoms in total. The molecule has 19 heavy (non-hydrogen) atoms. The number of carbonyl (C=O) groups is 2. The number of carboxylic acid groups (broad SMARTS) is 1. The van der Waals surface area contributed by atoms with E-state index < -0.39 is 17.9 Å². The van der Waals surface area contributed by atoms with Crippen LogP contribution in [-0.4, -0.2) is 35.2 Å². The number of carboxylic acids is 1. The normalized spacial score (nSPS) is 15.0. The van der Waals surface area contributed by atoms with E-state index in [1.807, 2.05) is 0 Å². The topological polar surface area (TPSA) is 66.8 Å². The molecule has 0 aliphatic carbocycles. The molecule has 1 saturated heterocycles. The van der Waals surface area contributed by atoms with E-state index in [-0.39, 0.29) is 6.54 Å². The van der Waals surface area contributed by atoms with Gasteiger partial charge in [0.2, 0.25) is 0 Å². The maximum Gasteiger partial charge on any atom is 0.410 e. The Bertz CT molecular complexity index is 541. The van der Waals surface area contributed by atoms with E-state index in [1.165, 1.54) is 29.2 Å². The number of hydrogen-bond donors (Lipinski definition) is 1. The third-order valence-electron chi connectivity index (χ3n) is 2.72. The molecule has 1 fully saturated rings. The van der Waals surface area contributed by atoms with Crippen molar-refractivity contribution in [2.75, 3.05) is 13.2 Å². The fourth-order valence-electron chi connectivity index (χ4n) is 1.80. The molecular formula is C13H12FNO4. The Hall–Kier alpha value is -2.37. The molecule has 0 atom stereocenters. The lowest BCUT2D eigenvalue weighted by Crippen LogP contribution is -2.23. The summed E-state index contributed by atoms with van der Waals surface area (Å²) in [5.41, 5.74) is 1.10. The fourth-order valence-corrected chi connectivity index (χ4v) is 1.80. The van der Waals surface area contributed by atoms with Crippen LogP contribution >= 0.6 is 0 Å². The molecule has 0 spiro atoms. The minimum Gasteiger partial charge on any atom is -0.478 e. The first-order valence-electron chi connectivity index (χ1n) is 5.67. The molecule has 1 aromatic carbocycles. The number of carbonyl (C=O) groups excluding carboxylic acids is 1. The van der Waals surface area contributed by atoms with E-state index in [2.05, 4.69) is 0 Å². The smallest absolute Gasteiger partial charge is 0.410 e. The van der Waals surface area contributed by atoms with E-state index in [9.17, 15) is 14.0 Å². The highest BCUT2D eigenvalue weighted by Gasteiger charge is 2.22. The van der Waals surface area contributed by atoms with Crippen molar-refractivity contribution in [3.05, 3.63) is 41.2 Å². The Kier molecular flexibility index (Phi) is 3.79. The van der Waals surface area contributed by atoms with E-state index in [1.54, 1.807) is 0 Å². The second-order valence-corrected chi connectivity index (χ2v) is 4.05. The van der Waals surface area contributed by atoms with Crippen LogP contribution in [0.4, 0.5) is 9.18 Å². The van der Waals surface area contributed by atoms with Gasteiger partial charge in [-0.3, -0.25) is 0 Å². The SMILES string of the molecule is O=C(O)C=Cc1cc(F)ccc1CN1CCOC1=O. The number of benzene rings is 1. The van der Waals surface area contributed by atoms with Gasteiger partial charge in [0.05, 0.1) is 6.54 Å². The van der Waals surface area contributed by atoms with Gasteiger partial charge in [-0.1, -0.05) is 6.07 Å². The summed E-state index contributed by atoms with van der Waals surface area (Å²) in [6.07, 6.45) is 1.82. The predicted molar refractivity (Wildman–Crippen MR) is 64.8 cm³/mol. The van der Waals surface area contributed by atoms with Crippen molar-refractivity contribution < 1.29 is 23.8 Å². The van der Waals surface area contributed by atoms with Gasteiger partial charge in [-0.25, -0.2) is 14.0 Å². The lowest BCUT2D eigenvalue weighted by Gasteiger charge is -2.14. The van der Waals surface area contributed by atoms with E-state index in [0.717, 1.165) is 6.08 Å². The average Bonchev–Trinajstić information content (AvgIpc) is 2.75. The van der Waals surface area contributed by atoms with Crippen molar-refractivity contribution in [3.8, 4) is 0 Å². The van der Waals surface area contributed by atoms with Gasteiger partial charge >= 0.3 is 12.1 Å². The van der Waals surface area contributed by atoms with Crippen molar-refractivity contribution in [1.29, 1.82) is 0 Å². The molecule has 6 heteroatoms. The highest BCUT2D eigenvalue weighted by molar-refractivity contribution is 5.85. The van der Waals surface area contributed by atoms with Crippen LogP contribution in [0.5, 0.6) is 0 Å². The summed E-state index contributed by atoms with van der Waals surface area (Å²) in [6, 6.07) is 4.04. The number of hydrogen-bond acceptors (Lipinski definition) is 3. The van der Waals surface area contributed by atoms with Crippen molar-refractivity contribution >= 4 is 18.1 Å². The Morgan fingerprint density at radius 1 is 1.53 bits per heavy atom. The van der Waals surface area contributed by atoms with E-state index >= 15 is 0 Å². The Morgan fingerprint density at radius 3 is 2.95 bits per heavy atom. The van der Waals surface area contributed by atoms with Crippen LogP contribution in [0, 0.1) is 5.82 Å². The lowest BCUT2D eigenvalue weighted by molar-refractivity contribution is -0.131. The molecular weight excluding hydrogens is 253 g/mol. The minimum atomic E-state index is -1.12. The van der Waals surface area contributed by atoms with Crippen LogP contribution < -0.4 is 0 Å². The Labute approximate surface area is 108 Å². The predicted octanol–water partition coefficient (Wildman–Crippen LogP) is 1.88. The molecule has 0 unspecified atom stereocenters. The summed E-state index contributed by atoms with van der Waals surface area (Å²) in [6.45, 7) is 1.07. The first-order valence-corrected chi connectivity index (χ1v) is 5.67. The summed E-state index contributed by atoms with van der Waals surface area (Å²) >= 11 is 0. The maximum absolute atomic E-state index is 13.2. The van der Waals surface area contributed by atoms with Gasteiger partial charge in [0.25, 0.3) is 0 Å². The first kappa shape index (κ1) is 13.1. The molecule has 0 aromatic heterocycles. The van der Waals surface area contributed by atoms with Gasteiger partial charge in [-0.05, 0) is 29.3 Å². The number of aliphatic carboxylic acids is 1. The molecule has 1 N–H and O–H groups in total. The molecule has 2 rings (SSSR count).